The fraction of sp³-hybridized carbons (Fsp3) is 0.542. The summed E-state index contributed by atoms with van der Waals surface area (Å²) in [5.41, 5.74) is 2.60. The van der Waals surface area contributed by atoms with Crippen LogP contribution in [0.4, 0.5) is 10.7 Å². The molecular formula is C24H31N5O3. The van der Waals surface area contributed by atoms with Crippen LogP contribution >= 0.6 is 0 Å². The van der Waals surface area contributed by atoms with Gasteiger partial charge in [0.15, 0.2) is 0 Å². The van der Waals surface area contributed by atoms with E-state index in [1.54, 1.807) is 11.9 Å². The highest BCUT2D eigenvalue weighted by molar-refractivity contribution is 5.77. The van der Waals surface area contributed by atoms with E-state index in [4.69, 9.17) is 9.72 Å². The number of amides is 2. The largest absolute Gasteiger partial charge is 0.394 e. The highest BCUT2D eigenvalue weighted by Gasteiger charge is 2.53. The first-order chi connectivity index (χ1) is 15.6. The first kappa shape index (κ1) is 21.2. The van der Waals surface area contributed by atoms with E-state index >= 15 is 0 Å². The van der Waals surface area contributed by atoms with Gasteiger partial charge in [0.05, 0.1) is 30.4 Å². The van der Waals surface area contributed by atoms with Crippen molar-refractivity contribution in [2.24, 2.45) is 0 Å². The molecule has 8 nitrogen and oxygen atoms in total. The van der Waals surface area contributed by atoms with Gasteiger partial charge in [-0.1, -0.05) is 30.3 Å². The zero-order chi connectivity index (χ0) is 22.1. The monoisotopic (exact) mass is 437 g/mol. The Morgan fingerprint density at radius 1 is 1.31 bits per heavy atom. The van der Waals surface area contributed by atoms with Crippen molar-refractivity contribution in [2.75, 3.05) is 32.2 Å². The van der Waals surface area contributed by atoms with E-state index in [2.05, 4.69) is 10.3 Å². The number of likely N-dealkylation sites (N-methyl/N-ethyl adjacent to an activating group) is 1. The first-order valence-electron chi connectivity index (χ1n) is 11.5. The maximum absolute atomic E-state index is 13.7. The number of aromatic nitrogens is 2. The fourth-order valence-corrected chi connectivity index (χ4v) is 5.22. The van der Waals surface area contributed by atoms with E-state index < -0.39 is 0 Å². The summed E-state index contributed by atoms with van der Waals surface area (Å²) < 4.78 is 5.44. The van der Waals surface area contributed by atoms with Crippen molar-refractivity contribution in [3.63, 3.8) is 0 Å². The molecule has 1 spiro atoms. The summed E-state index contributed by atoms with van der Waals surface area (Å²) in [5, 5.41) is 13.5. The maximum Gasteiger partial charge on any atom is 0.321 e. The summed E-state index contributed by atoms with van der Waals surface area (Å²) in [6.07, 6.45) is 6.73. The lowest BCUT2D eigenvalue weighted by atomic mass is 9.72. The molecule has 1 aromatic carbocycles. The summed E-state index contributed by atoms with van der Waals surface area (Å²) in [6, 6.07) is 9.54. The van der Waals surface area contributed by atoms with Gasteiger partial charge in [-0.05, 0) is 37.7 Å². The molecule has 2 N–H and O–H groups in total. The van der Waals surface area contributed by atoms with Crippen molar-refractivity contribution in [1.29, 1.82) is 0 Å². The number of urea groups is 1. The Morgan fingerprint density at radius 2 is 2.06 bits per heavy atom. The summed E-state index contributed by atoms with van der Waals surface area (Å²) >= 11 is 0. The quantitative estimate of drug-likeness (QED) is 0.747. The van der Waals surface area contributed by atoms with E-state index in [9.17, 15) is 9.90 Å². The Labute approximate surface area is 188 Å². The van der Waals surface area contributed by atoms with Crippen LogP contribution in [0.3, 0.4) is 0 Å². The second-order valence-electron chi connectivity index (χ2n) is 9.06. The summed E-state index contributed by atoms with van der Waals surface area (Å²) in [4.78, 5) is 26.7. The second-order valence-corrected chi connectivity index (χ2v) is 9.06. The molecule has 2 aromatic rings. The molecule has 1 aromatic heterocycles. The summed E-state index contributed by atoms with van der Waals surface area (Å²) in [5.74, 6) is 0.630. The Kier molecular flexibility index (Phi) is 5.73. The highest BCUT2D eigenvalue weighted by atomic mass is 16.5. The SMILES string of the molecule is CN(C(=O)N1Cc2nc(NC3CCOCC3)ncc2C12CCC2)[C@H](CO)c1ccccc1. The molecule has 3 aliphatic rings. The van der Waals surface area contributed by atoms with Gasteiger partial charge >= 0.3 is 6.03 Å². The van der Waals surface area contributed by atoms with Crippen LogP contribution in [0.15, 0.2) is 36.5 Å². The molecule has 8 heteroatoms. The minimum Gasteiger partial charge on any atom is -0.394 e. The zero-order valence-electron chi connectivity index (χ0n) is 18.5. The van der Waals surface area contributed by atoms with Crippen LogP contribution in [-0.2, 0) is 16.8 Å². The Morgan fingerprint density at radius 3 is 2.72 bits per heavy atom. The molecule has 0 unspecified atom stereocenters. The number of rotatable bonds is 5. The third-order valence-electron chi connectivity index (χ3n) is 7.29. The number of benzene rings is 1. The van der Waals surface area contributed by atoms with Gasteiger partial charge in [0.1, 0.15) is 0 Å². The van der Waals surface area contributed by atoms with Gasteiger partial charge in [0.2, 0.25) is 5.95 Å². The number of nitrogens with zero attached hydrogens (tertiary/aromatic N) is 4. The number of anilines is 1. The molecule has 5 rings (SSSR count). The lowest BCUT2D eigenvalue weighted by molar-refractivity contribution is 0.0306. The molecule has 0 radical (unpaired) electrons. The number of nitrogens with one attached hydrogen (secondary N) is 1. The van der Waals surface area contributed by atoms with E-state index in [-0.39, 0.29) is 24.2 Å². The second kappa shape index (κ2) is 8.67. The number of aliphatic hydroxyl groups is 1. The van der Waals surface area contributed by atoms with Gasteiger partial charge in [0.25, 0.3) is 0 Å². The molecule has 1 aliphatic carbocycles. The molecule has 1 atom stereocenters. The van der Waals surface area contributed by atoms with Crippen molar-refractivity contribution >= 4 is 12.0 Å². The average molecular weight is 438 g/mol. The van der Waals surface area contributed by atoms with Crippen molar-refractivity contribution in [2.45, 2.75) is 56.3 Å². The van der Waals surface area contributed by atoms with Crippen LogP contribution in [0.1, 0.15) is 55.0 Å². The first-order valence-corrected chi connectivity index (χ1v) is 11.5. The van der Waals surface area contributed by atoms with Gasteiger partial charge < -0.3 is 25.0 Å². The van der Waals surface area contributed by atoms with Gasteiger partial charge in [0, 0.05) is 38.1 Å². The molecule has 1 saturated carbocycles. The molecule has 2 fully saturated rings. The Bertz CT molecular complexity index is 959. The van der Waals surface area contributed by atoms with Gasteiger partial charge in [-0.3, -0.25) is 0 Å². The smallest absolute Gasteiger partial charge is 0.321 e. The lowest BCUT2D eigenvalue weighted by Gasteiger charge is -2.47. The van der Waals surface area contributed by atoms with E-state index in [0.717, 1.165) is 62.1 Å². The highest BCUT2D eigenvalue weighted by Crippen LogP contribution is 2.52. The standard InChI is InChI=1S/C24H31N5O3/c1-28(21(16-30)17-6-3-2-4-7-17)23(31)29-15-20-19(24(29)10-5-11-24)14-25-22(27-20)26-18-8-12-32-13-9-18/h2-4,6-7,14,18,21,30H,5,8-13,15-16H2,1H3,(H,25,26,27)/t21-/m1/s1. The number of fused-ring (bicyclic) bond motifs is 2. The summed E-state index contributed by atoms with van der Waals surface area (Å²) in [7, 11) is 1.77. The van der Waals surface area contributed by atoms with E-state index in [1.165, 1.54) is 0 Å². The molecule has 32 heavy (non-hydrogen) atoms. The van der Waals surface area contributed by atoms with E-state index in [0.29, 0.717) is 18.5 Å². The van der Waals surface area contributed by atoms with Crippen LogP contribution < -0.4 is 5.32 Å². The number of aliphatic hydroxyl groups excluding tert-OH is 1. The fourth-order valence-electron chi connectivity index (χ4n) is 5.22. The molecule has 3 heterocycles. The Balaban J connectivity index is 1.37. The predicted molar refractivity (Wildman–Crippen MR) is 120 cm³/mol. The third-order valence-corrected chi connectivity index (χ3v) is 7.29. The average Bonchev–Trinajstić information content (AvgIpc) is 3.15. The van der Waals surface area contributed by atoms with Crippen molar-refractivity contribution in [3.8, 4) is 0 Å². The Hall–Kier alpha value is -2.71. The number of ether oxygens (including phenoxy) is 1. The van der Waals surface area contributed by atoms with Gasteiger partial charge in [-0.15, -0.1) is 0 Å². The molecular weight excluding hydrogens is 406 g/mol. The molecule has 2 amide bonds. The minimum absolute atomic E-state index is 0.0791. The van der Waals surface area contributed by atoms with Crippen LogP contribution in [0.5, 0.6) is 0 Å². The molecule has 1 saturated heterocycles. The van der Waals surface area contributed by atoms with Crippen molar-refractivity contribution in [3.05, 3.63) is 53.3 Å². The predicted octanol–water partition coefficient (Wildman–Crippen LogP) is 3.05. The topological polar surface area (TPSA) is 90.8 Å². The number of hydrogen-bond donors (Lipinski definition) is 2. The molecule has 170 valence electrons. The van der Waals surface area contributed by atoms with Crippen LogP contribution in [-0.4, -0.2) is 63.8 Å². The minimum atomic E-state index is -0.388. The summed E-state index contributed by atoms with van der Waals surface area (Å²) in [6.45, 7) is 1.86. The normalized spacial score (nSPS) is 20.5. The van der Waals surface area contributed by atoms with Crippen LogP contribution in [0.25, 0.3) is 0 Å². The lowest BCUT2D eigenvalue weighted by Crippen LogP contribution is -2.54. The number of carbonyl (C=O) groups is 1. The van der Waals surface area contributed by atoms with Crippen molar-refractivity contribution < 1.29 is 14.6 Å². The van der Waals surface area contributed by atoms with Crippen LogP contribution in [0, 0.1) is 0 Å². The maximum atomic E-state index is 13.7. The number of hydrogen-bond acceptors (Lipinski definition) is 6. The van der Waals surface area contributed by atoms with E-state index in [1.807, 2.05) is 41.4 Å². The molecule has 2 aliphatic heterocycles. The zero-order valence-corrected chi connectivity index (χ0v) is 18.5. The van der Waals surface area contributed by atoms with Gasteiger partial charge in [-0.25, -0.2) is 14.8 Å². The van der Waals surface area contributed by atoms with Gasteiger partial charge in [-0.2, -0.15) is 0 Å². The molecule has 0 bridgehead atoms. The van der Waals surface area contributed by atoms with Crippen molar-refractivity contribution in [1.82, 2.24) is 19.8 Å². The van der Waals surface area contributed by atoms with Crippen LogP contribution in [0.2, 0.25) is 0 Å². The number of carbonyl (C=O) groups excluding carboxylic acids is 1. The third kappa shape index (κ3) is 3.61.